The monoisotopic (exact) mass is 260 g/mol. The predicted octanol–water partition coefficient (Wildman–Crippen LogP) is 3.16. The first-order chi connectivity index (χ1) is 9.06. The Morgan fingerprint density at radius 1 is 1.26 bits per heavy atom. The summed E-state index contributed by atoms with van der Waals surface area (Å²) in [6.45, 7) is 6.04. The lowest BCUT2D eigenvalue weighted by Crippen LogP contribution is -2.42. The van der Waals surface area contributed by atoms with Gasteiger partial charge in [0, 0.05) is 11.7 Å². The lowest BCUT2D eigenvalue weighted by atomic mass is 10.1. The van der Waals surface area contributed by atoms with Crippen molar-refractivity contribution >= 4 is 11.6 Å². The van der Waals surface area contributed by atoms with Crippen LogP contribution in [-0.4, -0.2) is 18.0 Å². The summed E-state index contributed by atoms with van der Waals surface area (Å²) in [6, 6.07) is 6.45. The maximum atomic E-state index is 12.1. The van der Waals surface area contributed by atoms with Gasteiger partial charge in [-0.15, -0.1) is 0 Å². The van der Waals surface area contributed by atoms with E-state index in [1.807, 2.05) is 6.92 Å². The Hall–Kier alpha value is -1.51. The summed E-state index contributed by atoms with van der Waals surface area (Å²) in [5.74, 6) is 0.104. The fourth-order valence-corrected chi connectivity index (χ4v) is 2.59. The van der Waals surface area contributed by atoms with Gasteiger partial charge in [0.15, 0.2) is 0 Å². The Bertz CT molecular complexity index is 450. The highest BCUT2D eigenvalue weighted by molar-refractivity contribution is 5.84. The smallest absolute Gasteiger partial charge is 0.242 e. The Morgan fingerprint density at radius 3 is 2.63 bits per heavy atom. The summed E-state index contributed by atoms with van der Waals surface area (Å²) < 4.78 is 0. The van der Waals surface area contributed by atoms with Crippen LogP contribution in [0.25, 0.3) is 0 Å². The van der Waals surface area contributed by atoms with E-state index in [0.717, 1.165) is 18.5 Å². The Balaban J connectivity index is 1.93. The van der Waals surface area contributed by atoms with Crippen LogP contribution in [0.1, 0.15) is 43.7 Å². The van der Waals surface area contributed by atoms with Crippen LogP contribution in [0.2, 0.25) is 0 Å². The molecule has 0 heterocycles. The molecule has 3 nitrogen and oxygen atoms in total. The number of nitrogens with one attached hydrogen (secondary N) is 2. The zero-order chi connectivity index (χ0) is 13.8. The normalized spacial score (nSPS) is 17.2. The molecule has 0 spiro atoms. The van der Waals surface area contributed by atoms with Gasteiger partial charge in [0.1, 0.15) is 6.04 Å². The molecule has 1 aromatic rings. The minimum Gasteiger partial charge on any atom is -0.374 e. The van der Waals surface area contributed by atoms with Gasteiger partial charge in [-0.25, -0.2) is 0 Å². The van der Waals surface area contributed by atoms with Crippen LogP contribution >= 0.6 is 0 Å². The minimum absolute atomic E-state index is 0.104. The van der Waals surface area contributed by atoms with Crippen LogP contribution in [0.5, 0.6) is 0 Å². The Labute approximate surface area is 115 Å². The summed E-state index contributed by atoms with van der Waals surface area (Å²) in [7, 11) is 0. The molecule has 0 saturated heterocycles. The van der Waals surface area contributed by atoms with E-state index in [1.54, 1.807) is 0 Å². The number of carbonyl (C=O) groups excluding carboxylic acids is 1. The molecule has 19 heavy (non-hydrogen) atoms. The fraction of sp³-hybridized carbons (Fsp3) is 0.562. The van der Waals surface area contributed by atoms with Crippen molar-refractivity contribution in [3.05, 3.63) is 29.3 Å². The Kier molecular flexibility index (Phi) is 4.46. The third kappa shape index (κ3) is 3.72. The molecular formula is C16H24N2O. The second kappa shape index (κ2) is 6.09. The lowest BCUT2D eigenvalue weighted by Gasteiger charge is -2.20. The fourth-order valence-electron chi connectivity index (χ4n) is 2.59. The first-order valence-electron chi connectivity index (χ1n) is 7.20. The molecule has 3 heteroatoms. The average molecular weight is 260 g/mol. The second-order valence-corrected chi connectivity index (χ2v) is 5.67. The van der Waals surface area contributed by atoms with E-state index >= 15 is 0 Å². The third-order valence-corrected chi connectivity index (χ3v) is 3.86. The molecule has 1 aliphatic rings. The summed E-state index contributed by atoms with van der Waals surface area (Å²) in [6.07, 6.45) is 4.73. The first-order valence-corrected chi connectivity index (χ1v) is 7.20. The molecule has 1 fully saturated rings. The number of amides is 1. The number of carbonyl (C=O) groups is 1. The quantitative estimate of drug-likeness (QED) is 0.873. The van der Waals surface area contributed by atoms with Crippen molar-refractivity contribution in [1.82, 2.24) is 5.32 Å². The summed E-state index contributed by atoms with van der Waals surface area (Å²) in [5.41, 5.74) is 3.43. The molecule has 1 aliphatic carbocycles. The summed E-state index contributed by atoms with van der Waals surface area (Å²) in [5, 5.41) is 6.44. The van der Waals surface area contributed by atoms with E-state index < -0.39 is 0 Å². The highest BCUT2D eigenvalue weighted by Gasteiger charge is 2.20. The third-order valence-electron chi connectivity index (χ3n) is 3.86. The van der Waals surface area contributed by atoms with Gasteiger partial charge in [-0.1, -0.05) is 25.0 Å². The number of aryl methyl sites for hydroxylation is 2. The molecule has 0 aromatic heterocycles. The minimum atomic E-state index is -0.193. The van der Waals surface area contributed by atoms with E-state index in [1.165, 1.54) is 24.0 Å². The largest absolute Gasteiger partial charge is 0.374 e. The van der Waals surface area contributed by atoms with Gasteiger partial charge >= 0.3 is 0 Å². The highest BCUT2D eigenvalue weighted by Crippen LogP contribution is 2.19. The predicted molar refractivity (Wildman–Crippen MR) is 79.4 cm³/mol. The molecule has 0 aliphatic heterocycles. The van der Waals surface area contributed by atoms with E-state index in [9.17, 15) is 4.79 Å². The second-order valence-electron chi connectivity index (χ2n) is 5.67. The molecule has 0 bridgehead atoms. The molecule has 1 saturated carbocycles. The number of hydrogen-bond acceptors (Lipinski definition) is 2. The molecular weight excluding hydrogens is 236 g/mol. The van der Waals surface area contributed by atoms with Crippen molar-refractivity contribution in [2.45, 2.75) is 58.5 Å². The van der Waals surface area contributed by atoms with Crippen molar-refractivity contribution in [3.63, 3.8) is 0 Å². The van der Waals surface area contributed by atoms with Gasteiger partial charge in [-0.2, -0.15) is 0 Å². The molecule has 1 unspecified atom stereocenters. The van der Waals surface area contributed by atoms with Crippen molar-refractivity contribution in [1.29, 1.82) is 0 Å². The van der Waals surface area contributed by atoms with Crippen LogP contribution in [0.3, 0.4) is 0 Å². The van der Waals surface area contributed by atoms with Gasteiger partial charge in [0.2, 0.25) is 5.91 Å². The lowest BCUT2D eigenvalue weighted by molar-refractivity contribution is -0.122. The van der Waals surface area contributed by atoms with Crippen LogP contribution in [-0.2, 0) is 4.79 Å². The van der Waals surface area contributed by atoms with Gasteiger partial charge in [0.05, 0.1) is 0 Å². The molecule has 0 radical (unpaired) electrons. The average Bonchev–Trinajstić information content (AvgIpc) is 2.86. The van der Waals surface area contributed by atoms with Crippen molar-refractivity contribution in [2.75, 3.05) is 5.32 Å². The van der Waals surface area contributed by atoms with Crippen LogP contribution in [0.15, 0.2) is 18.2 Å². The maximum Gasteiger partial charge on any atom is 0.242 e. The summed E-state index contributed by atoms with van der Waals surface area (Å²) in [4.78, 5) is 12.1. The first kappa shape index (κ1) is 13.9. The zero-order valence-electron chi connectivity index (χ0n) is 12.1. The van der Waals surface area contributed by atoms with Crippen LogP contribution in [0, 0.1) is 13.8 Å². The SMILES string of the molecule is Cc1ccc(C)c(NC(C)C(=O)NC2CCCC2)c1. The molecule has 2 N–H and O–H groups in total. The van der Waals surface area contributed by atoms with E-state index in [-0.39, 0.29) is 11.9 Å². The number of anilines is 1. The van der Waals surface area contributed by atoms with E-state index in [4.69, 9.17) is 0 Å². The molecule has 2 rings (SSSR count). The maximum absolute atomic E-state index is 12.1. The highest BCUT2D eigenvalue weighted by atomic mass is 16.2. The summed E-state index contributed by atoms with van der Waals surface area (Å²) >= 11 is 0. The van der Waals surface area contributed by atoms with E-state index in [2.05, 4.69) is 42.7 Å². The van der Waals surface area contributed by atoms with Crippen molar-refractivity contribution in [2.24, 2.45) is 0 Å². The Morgan fingerprint density at radius 2 is 1.95 bits per heavy atom. The standard InChI is InChI=1S/C16H24N2O/c1-11-8-9-12(2)15(10-11)17-13(3)16(19)18-14-6-4-5-7-14/h8-10,13-14,17H,4-7H2,1-3H3,(H,18,19). The number of benzene rings is 1. The molecule has 1 amide bonds. The van der Waals surface area contributed by atoms with Gasteiger partial charge in [0.25, 0.3) is 0 Å². The molecule has 1 atom stereocenters. The number of hydrogen-bond donors (Lipinski definition) is 2. The zero-order valence-corrected chi connectivity index (χ0v) is 12.1. The van der Waals surface area contributed by atoms with Gasteiger partial charge in [-0.05, 0) is 50.8 Å². The molecule has 104 valence electrons. The number of rotatable bonds is 4. The topological polar surface area (TPSA) is 41.1 Å². The van der Waals surface area contributed by atoms with E-state index in [0.29, 0.717) is 6.04 Å². The van der Waals surface area contributed by atoms with Crippen LogP contribution < -0.4 is 10.6 Å². The molecule has 1 aromatic carbocycles. The van der Waals surface area contributed by atoms with Crippen molar-refractivity contribution in [3.8, 4) is 0 Å². The van der Waals surface area contributed by atoms with Crippen molar-refractivity contribution < 1.29 is 4.79 Å². The van der Waals surface area contributed by atoms with Gasteiger partial charge < -0.3 is 10.6 Å². The van der Waals surface area contributed by atoms with Gasteiger partial charge in [-0.3, -0.25) is 4.79 Å². The van der Waals surface area contributed by atoms with Crippen LogP contribution in [0.4, 0.5) is 5.69 Å².